The summed E-state index contributed by atoms with van der Waals surface area (Å²) in [4.78, 5) is 0. The van der Waals surface area contributed by atoms with Gasteiger partial charge in [-0.15, -0.1) is 0 Å². The first-order valence-electron chi connectivity index (χ1n) is 10.5. The lowest BCUT2D eigenvalue weighted by atomic mass is 10.0. The SMILES string of the molecule is CCCCCCCCCCOc1ccc(/C(Cc2ccccc2)=N\O)c(O)c1. The minimum atomic E-state index is 0.0668. The molecule has 2 N–H and O–H groups in total. The van der Waals surface area contributed by atoms with Crippen LogP contribution in [0.15, 0.2) is 53.7 Å². The number of phenols is 1. The molecule has 0 fully saturated rings. The highest BCUT2D eigenvalue weighted by Gasteiger charge is 2.12. The van der Waals surface area contributed by atoms with Gasteiger partial charge < -0.3 is 15.1 Å². The minimum absolute atomic E-state index is 0.0668. The van der Waals surface area contributed by atoms with E-state index in [1.165, 1.54) is 44.9 Å². The number of oxime groups is 1. The van der Waals surface area contributed by atoms with Crippen LogP contribution in [0.25, 0.3) is 0 Å². The van der Waals surface area contributed by atoms with Crippen molar-refractivity contribution in [3.63, 3.8) is 0 Å². The molecule has 0 aromatic heterocycles. The van der Waals surface area contributed by atoms with E-state index in [0.717, 1.165) is 12.0 Å². The van der Waals surface area contributed by atoms with Crippen molar-refractivity contribution in [3.8, 4) is 11.5 Å². The van der Waals surface area contributed by atoms with Gasteiger partial charge in [0.25, 0.3) is 0 Å². The molecule has 0 heterocycles. The fourth-order valence-electron chi connectivity index (χ4n) is 3.24. The molecule has 0 aliphatic rings. The number of aromatic hydroxyl groups is 1. The van der Waals surface area contributed by atoms with Crippen LogP contribution < -0.4 is 4.74 Å². The number of hydrogen-bond donors (Lipinski definition) is 2. The van der Waals surface area contributed by atoms with Crippen molar-refractivity contribution in [2.24, 2.45) is 5.16 Å². The van der Waals surface area contributed by atoms with E-state index in [0.29, 0.717) is 30.1 Å². The van der Waals surface area contributed by atoms with Crippen LogP contribution in [0.2, 0.25) is 0 Å². The molecule has 0 atom stereocenters. The molecular formula is C24H33NO3. The maximum absolute atomic E-state index is 10.3. The van der Waals surface area contributed by atoms with Gasteiger partial charge in [-0.05, 0) is 24.1 Å². The van der Waals surface area contributed by atoms with Crippen LogP contribution in [0.5, 0.6) is 11.5 Å². The third-order valence-corrected chi connectivity index (χ3v) is 4.88. The number of hydrogen-bond acceptors (Lipinski definition) is 4. The highest BCUT2D eigenvalue weighted by atomic mass is 16.5. The van der Waals surface area contributed by atoms with Gasteiger partial charge in [0.1, 0.15) is 11.5 Å². The van der Waals surface area contributed by atoms with Gasteiger partial charge in [0.05, 0.1) is 12.3 Å². The second kappa shape index (κ2) is 12.8. The lowest BCUT2D eigenvalue weighted by Gasteiger charge is -2.11. The lowest BCUT2D eigenvalue weighted by molar-refractivity contribution is 0.302. The minimum Gasteiger partial charge on any atom is -0.507 e. The van der Waals surface area contributed by atoms with Crippen molar-refractivity contribution in [3.05, 3.63) is 59.7 Å². The largest absolute Gasteiger partial charge is 0.507 e. The molecule has 0 saturated carbocycles. The summed E-state index contributed by atoms with van der Waals surface area (Å²) in [6, 6.07) is 14.9. The van der Waals surface area contributed by atoms with Gasteiger partial charge in [0.2, 0.25) is 0 Å². The van der Waals surface area contributed by atoms with Gasteiger partial charge in [-0.1, -0.05) is 87.4 Å². The normalized spacial score (nSPS) is 11.5. The standard InChI is InChI=1S/C24H33NO3/c1-2-3-4-5-6-7-8-12-17-28-21-15-16-22(24(26)19-21)23(25-27)18-20-13-10-9-11-14-20/h9-11,13-16,19,26-27H,2-8,12,17-18H2,1H3/b25-23-. The van der Waals surface area contributed by atoms with Gasteiger partial charge in [0.15, 0.2) is 0 Å². The second-order valence-electron chi connectivity index (χ2n) is 7.21. The average molecular weight is 384 g/mol. The first-order chi connectivity index (χ1) is 13.7. The molecule has 0 aliphatic carbocycles. The van der Waals surface area contributed by atoms with Crippen molar-refractivity contribution in [1.29, 1.82) is 0 Å². The van der Waals surface area contributed by atoms with Gasteiger partial charge in [-0.3, -0.25) is 0 Å². The van der Waals surface area contributed by atoms with E-state index in [1.807, 2.05) is 36.4 Å². The third-order valence-electron chi connectivity index (χ3n) is 4.88. The summed E-state index contributed by atoms with van der Waals surface area (Å²) in [6.45, 7) is 2.89. The summed E-state index contributed by atoms with van der Waals surface area (Å²) in [6.07, 6.45) is 10.5. The first-order valence-corrected chi connectivity index (χ1v) is 10.5. The molecule has 0 saturated heterocycles. The maximum Gasteiger partial charge on any atom is 0.128 e. The van der Waals surface area contributed by atoms with Crippen molar-refractivity contribution in [2.75, 3.05) is 6.61 Å². The number of nitrogens with zero attached hydrogens (tertiary/aromatic N) is 1. The predicted octanol–water partition coefficient (Wildman–Crippen LogP) is 6.33. The number of ether oxygens (including phenoxy) is 1. The van der Waals surface area contributed by atoms with E-state index < -0.39 is 0 Å². The first kappa shape index (κ1) is 21.8. The molecule has 2 aromatic rings. The maximum atomic E-state index is 10.3. The average Bonchev–Trinajstić information content (AvgIpc) is 2.72. The van der Waals surface area contributed by atoms with Crippen LogP contribution in [0.3, 0.4) is 0 Å². The number of benzene rings is 2. The van der Waals surface area contributed by atoms with Gasteiger partial charge in [-0.2, -0.15) is 0 Å². The molecule has 4 heteroatoms. The Hall–Kier alpha value is -2.49. The smallest absolute Gasteiger partial charge is 0.128 e. The van der Waals surface area contributed by atoms with E-state index in [4.69, 9.17) is 4.74 Å². The van der Waals surface area contributed by atoms with Gasteiger partial charge >= 0.3 is 0 Å². The fourth-order valence-corrected chi connectivity index (χ4v) is 3.24. The molecule has 0 radical (unpaired) electrons. The van der Waals surface area contributed by atoms with Crippen molar-refractivity contribution in [1.82, 2.24) is 0 Å². The molecule has 152 valence electrons. The van der Waals surface area contributed by atoms with E-state index in [2.05, 4.69) is 12.1 Å². The topological polar surface area (TPSA) is 62.0 Å². The molecule has 0 unspecified atom stereocenters. The van der Waals surface area contributed by atoms with Crippen LogP contribution in [0, 0.1) is 0 Å². The molecule has 4 nitrogen and oxygen atoms in total. The highest BCUT2D eigenvalue weighted by molar-refractivity contribution is 6.03. The molecule has 2 rings (SSSR count). The summed E-state index contributed by atoms with van der Waals surface area (Å²) in [5.74, 6) is 0.707. The Morgan fingerprint density at radius 1 is 0.893 bits per heavy atom. The highest BCUT2D eigenvalue weighted by Crippen LogP contribution is 2.25. The molecule has 28 heavy (non-hydrogen) atoms. The van der Waals surface area contributed by atoms with Crippen LogP contribution in [0.1, 0.15) is 69.4 Å². The van der Waals surface area contributed by atoms with E-state index in [-0.39, 0.29) is 5.75 Å². The van der Waals surface area contributed by atoms with Crippen molar-refractivity contribution in [2.45, 2.75) is 64.7 Å². The Morgan fingerprint density at radius 3 is 2.21 bits per heavy atom. The van der Waals surface area contributed by atoms with Crippen LogP contribution in [0.4, 0.5) is 0 Å². The third kappa shape index (κ3) is 7.63. The second-order valence-corrected chi connectivity index (χ2v) is 7.21. The van der Waals surface area contributed by atoms with E-state index >= 15 is 0 Å². The summed E-state index contributed by atoms with van der Waals surface area (Å²) >= 11 is 0. The molecule has 0 spiro atoms. The summed E-state index contributed by atoms with van der Waals surface area (Å²) in [5.41, 5.74) is 1.97. The lowest BCUT2D eigenvalue weighted by Crippen LogP contribution is -2.06. The van der Waals surface area contributed by atoms with Crippen LogP contribution >= 0.6 is 0 Å². The fraction of sp³-hybridized carbons (Fsp3) is 0.458. The Morgan fingerprint density at radius 2 is 1.57 bits per heavy atom. The molecule has 0 aliphatic heterocycles. The van der Waals surface area contributed by atoms with E-state index in [9.17, 15) is 10.3 Å². The summed E-state index contributed by atoms with van der Waals surface area (Å²) in [5, 5.41) is 23.1. The molecular weight excluding hydrogens is 350 g/mol. The number of unbranched alkanes of at least 4 members (excludes halogenated alkanes) is 7. The molecule has 0 amide bonds. The monoisotopic (exact) mass is 383 g/mol. The number of phenolic OH excluding ortho intramolecular Hbond substituents is 1. The van der Waals surface area contributed by atoms with Gasteiger partial charge in [-0.25, -0.2) is 0 Å². The molecule has 0 bridgehead atoms. The van der Waals surface area contributed by atoms with Crippen molar-refractivity contribution < 1.29 is 15.1 Å². The van der Waals surface area contributed by atoms with Crippen LogP contribution in [-0.2, 0) is 6.42 Å². The van der Waals surface area contributed by atoms with Crippen LogP contribution in [-0.4, -0.2) is 22.6 Å². The van der Waals surface area contributed by atoms with Crippen molar-refractivity contribution >= 4 is 5.71 Å². The van der Waals surface area contributed by atoms with Gasteiger partial charge in [0, 0.05) is 18.1 Å². The predicted molar refractivity (Wildman–Crippen MR) is 115 cm³/mol. The zero-order chi connectivity index (χ0) is 20.0. The quantitative estimate of drug-likeness (QED) is 0.184. The van der Waals surface area contributed by atoms with E-state index in [1.54, 1.807) is 12.1 Å². The molecule has 2 aromatic carbocycles. The Bertz CT molecular complexity index is 713. The zero-order valence-electron chi connectivity index (χ0n) is 16.9. The Labute approximate surface area is 168 Å². The Kier molecular flexibility index (Phi) is 9.98. The summed E-state index contributed by atoms with van der Waals surface area (Å²) in [7, 11) is 0. The summed E-state index contributed by atoms with van der Waals surface area (Å²) < 4.78 is 5.76. The zero-order valence-corrected chi connectivity index (χ0v) is 16.9. The Balaban J connectivity index is 1.77. The number of rotatable bonds is 13.